The molecule has 0 unspecified atom stereocenters. The molecule has 6 rings (SSSR count). The second-order valence-electron chi connectivity index (χ2n) is 7.30. The zero-order valence-electron chi connectivity index (χ0n) is 15.6. The molecule has 1 fully saturated rings. The number of aromatic nitrogens is 5. The van der Waals surface area contributed by atoms with Gasteiger partial charge in [-0.3, -0.25) is 0 Å². The lowest BCUT2D eigenvalue weighted by atomic mass is 10.2. The summed E-state index contributed by atoms with van der Waals surface area (Å²) in [6.07, 6.45) is 2.24. The Balaban J connectivity index is 1.40. The highest BCUT2D eigenvalue weighted by Crippen LogP contribution is 2.40. The second-order valence-corrected chi connectivity index (χ2v) is 7.30. The van der Waals surface area contributed by atoms with Crippen molar-refractivity contribution in [3.05, 3.63) is 59.9 Å². The molecule has 2 aromatic heterocycles. The van der Waals surface area contributed by atoms with Crippen molar-refractivity contribution in [2.45, 2.75) is 25.3 Å². The highest BCUT2D eigenvalue weighted by Gasteiger charge is 2.29. The van der Waals surface area contributed by atoms with Gasteiger partial charge in [0.15, 0.2) is 28.5 Å². The van der Waals surface area contributed by atoms with Crippen LogP contribution in [0.5, 0.6) is 11.5 Å². The van der Waals surface area contributed by atoms with Gasteiger partial charge in [0.1, 0.15) is 5.82 Å². The van der Waals surface area contributed by atoms with E-state index in [-0.39, 0.29) is 6.79 Å². The first kappa shape index (κ1) is 16.3. The van der Waals surface area contributed by atoms with Crippen LogP contribution in [0.25, 0.3) is 11.2 Å². The number of nitrogens with zero attached hydrogens (tertiary/aromatic N) is 5. The van der Waals surface area contributed by atoms with Crippen LogP contribution < -0.4 is 14.8 Å². The lowest BCUT2D eigenvalue weighted by Gasteiger charge is -2.09. The summed E-state index contributed by atoms with van der Waals surface area (Å²) >= 11 is 0. The predicted molar refractivity (Wildman–Crippen MR) is 106 cm³/mol. The molecule has 8 heteroatoms. The summed E-state index contributed by atoms with van der Waals surface area (Å²) in [7, 11) is 0. The molecule has 1 saturated carbocycles. The van der Waals surface area contributed by atoms with Crippen molar-refractivity contribution in [1.29, 1.82) is 0 Å². The van der Waals surface area contributed by atoms with E-state index >= 15 is 0 Å². The van der Waals surface area contributed by atoms with E-state index in [1.807, 2.05) is 41.1 Å². The summed E-state index contributed by atoms with van der Waals surface area (Å²) in [6.45, 7) is 0.859. The maximum absolute atomic E-state index is 5.48. The predicted octanol–water partition coefficient (Wildman–Crippen LogP) is 3.62. The number of nitrogens with one attached hydrogen (secondary N) is 1. The van der Waals surface area contributed by atoms with Crippen molar-refractivity contribution in [2.24, 2.45) is 0 Å². The summed E-state index contributed by atoms with van der Waals surface area (Å²) in [5.74, 6) is 3.38. The van der Waals surface area contributed by atoms with Gasteiger partial charge in [0.25, 0.3) is 0 Å². The van der Waals surface area contributed by atoms with Crippen molar-refractivity contribution >= 4 is 22.7 Å². The van der Waals surface area contributed by atoms with Crippen LogP contribution in [0.15, 0.2) is 48.5 Å². The van der Waals surface area contributed by atoms with Gasteiger partial charge in [-0.25, -0.2) is 14.6 Å². The molecule has 0 atom stereocenters. The largest absolute Gasteiger partial charge is 0.454 e. The maximum Gasteiger partial charge on any atom is 0.231 e. The fourth-order valence-electron chi connectivity index (χ4n) is 3.46. The van der Waals surface area contributed by atoms with Gasteiger partial charge in [-0.15, -0.1) is 5.10 Å². The van der Waals surface area contributed by atoms with Crippen LogP contribution in [0.2, 0.25) is 0 Å². The molecule has 2 aliphatic rings. The molecule has 0 spiro atoms. The van der Waals surface area contributed by atoms with Gasteiger partial charge in [0.05, 0.1) is 6.54 Å². The number of hydrogen-bond donors (Lipinski definition) is 1. The molecule has 0 bridgehead atoms. The van der Waals surface area contributed by atoms with E-state index in [1.54, 1.807) is 0 Å². The lowest BCUT2D eigenvalue weighted by Crippen LogP contribution is -2.06. The Morgan fingerprint density at radius 3 is 2.72 bits per heavy atom. The Morgan fingerprint density at radius 2 is 1.86 bits per heavy atom. The van der Waals surface area contributed by atoms with Crippen LogP contribution in [0.1, 0.15) is 30.1 Å². The molecule has 144 valence electrons. The smallest absolute Gasteiger partial charge is 0.231 e. The van der Waals surface area contributed by atoms with E-state index in [0.717, 1.165) is 47.1 Å². The standard InChI is InChI=1S/C21H18N6O2/c1-2-4-13(5-3-1)11-27-21-18(25-26-27)20(23-19(24-21)14-6-7-14)22-15-8-9-16-17(10-15)29-12-28-16/h1-5,8-10,14H,6-7,11-12H2,(H,22,23,24). The first-order valence-electron chi connectivity index (χ1n) is 9.65. The van der Waals surface area contributed by atoms with Crippen LogP contribution in [0.3, 0.4) is 0 Å². The fourth-order valence-corrected chi connectivity index (χ4v) is 3.46. The van der Waals surface area contributed by atoms with Crippen LogP contribution in [0, 0.1) is 0 Å². The SMILES string of the molecule is c1ccc(Cn2nnc3c(Nc4ccc5c(c4)OCO5)nc(C4CC4)nc32)cc1. The summed E-state index contributed by atoms with van der Waals surface area (Å²) in [6, 6.07) is 15.9. The van der Waals surface area contributed by atoms with Gasteiger partial charge in [0.2, 0.25) is 6.79 Å². The third-order valence-corrected chi connectivity index (χ3v) is 5.13. The monoisotopic (exact) mass is 386 g/mol. The van der Waals surface area contributed by atoms with Crippen LogP contribution in [-0.2, 0) is 6.54 Å². The van der Waals surface area contributed by atoms with Crippen LogP contribution >= 0.6 is 0 Å². The Morgan fingerprint density at radius 1 is 1.00 bits per heavy atom. The van der Waals surface area contributed by atoms with Crippen LogP contribution in [-0.4, -0.2) is 31.8 Å². The van der Waals surface area contributed by atoms with Crippen molar-refractivity contribution in [1.82, 2.24) is 25.0 Å². The summed E-state index contributed by atoms with van der Waals surface area (Å²) < 4.78 is 12.7. The van der Waals surface area contributed by atoms with E-state index in [1.165, 1.54) is 0 Å². The highest BCUT2D eigenvalue weighted by molar-refractivity contribution is 5.85. The zero-order valence-corrected chi connectivity index (χ0v) is 15.6. The molecule has 1 aliphatic heterocycles. The first-order chi connectivity index (χ1) is 14.3. The topological polar surface area (TPSA) is 87.0 Å². The van der Waals surface area contributed by atoms with E-state index in [9.17, 15) is 0 Å². The number of benzene rings is 2. The van der Waals surface area contributed by atoms with Crippen molar-refractivity contribution in [3.8, 4) is 11.5 Å². The van der Waals surface area contributed by atoms with Gasteiger partial charge in [-0.05, 0) is 30.5 Å². The molecular formula is C21H18N6O2. The van der Waals surface area contributed by atoms with Gasteiger partial charge in [-0.1, -0.05) is 35.5 Å². The number of fused-ring (bicyclic) bond motifs is 2. The molecule has 2 aromatic carbocycles. The van der Waals surface area contributed by atoms with E-state index in [2.05, 4.69) is 27.8 Å². The van der Waals surface area contributed by atoms with Gasteiger partial charge in [-0.2, -0.15) is 0 Å². The molecule has 8 nitrogen and oxygen atoms in total. The number of ether oxygens (including phenoxy) is 2. The summed E-state index contributed by atoms with van der Waals surface area (Å²) in [5, 5.41) is 12.1. The Hall–Kier alpha value is -3.68. The minimum Gasteiger partial charge on any atom is -0.454 e. The molecule has 0 saturated heterocycles. The molecule has 1 N–H and O–H groups in total. The molecule has 1 aliphatic carbocycles. The zero-order chi connectivity index (χ0) is 19.2. The van der Waals surface area contributed by atoms with E-state index in [4.69, 9.17) is 19.4 Å². The maximum atomic E-state index is 5.48. The lowest BCUT2D eigenvalue weighted by molar-refractivity contribution is 0.174. The van der Waals surface area contributed by atoms with Crippen molar-refractivity contribution < 1.29 is 9.47 Å². The van der Waals surface area contributed by atoms with Crippen molar-refractivity contribution in [2.75, 3.05) is 12.1 Å². The minimum absolute atomic E-state index is 0.246. The van der Waals surface area contributed by atoms with Gasteiger partial charge >= 0.3 is 0 Å². The third kappa shape index (κ3) is 3.02. The quantitative estimate of drug-likeness (QED) is 0.560. The Labute approximate surface area is 166 Å². The molecular weight excluding hydrogens is 368 g/mol. The van der Waals surface area contributed by atoms with Crippen molar-refractivity contribution in [3.63, 3.8) is 0 Å². The van der Waals surface area contributed by atoms with Gasteiger partial charge < -0.3 is 14.8 Å². The average Bonchev–Trinajstić information content (AvgIpc) is 3.37. The average molecular weight is 386 g/mol. The number of hydrogen-bond acceptors (Lipinski definition) is 7. The van der Waals surface area contributed by atoms with Gasteiger partial charge in [0, 0.05) is 17.7 Å². The minimum atomic E-state index is 0.246. The summed E-state index contributed by atoms with van der Waals surface area (Å²) in [4.78, 5) is 9.56. The highest BCUT2D eigenvalue weighted by atomic mass is 16.7. The van der Waals surface area contributed by atoms with Crippen LogP contribution in [0.4, 0.5) is 11.5 Å². The Kier molecular flexibility index (Phi) is 3.62. The first-order valence-corrected chi connectivity index (χ1v) is 9.65. The van der Waals surface area contributed by atoms with E-state index < -0.39 is 0 Å². The molecule has 4 aromatic rings. The fraction of sp³-hybridized carbons (Fsp3) is 0.238. The Bertz CT molecular complexity index is 1200. The van der Waals surface area contributed by atoms with E-state index in [0.29, 0.717) is 23.8 Å². The second kappa shape index (κ2) is 6.44. The normalized spacial score (nSPS) is 15.0. The summed E-state index contributed by atoms with van der Waals surface area (Å²) in [5.41, 5.74) is 3.40. The molecule has 0 amide bonds. The number of rotatable bonds is 5. The molecule has 0 radical (unpaired) electrons. The third-order valence-electron chi connectivity index (χ3n) is 5.13. The number of anilines is 2. The molecule has 3 heterocycles. The molecule has 29 heavy (non-hydrogen) atoms.